The van der Waals surface area contributed by atoms with Crippen LogP contribution in [0.5, 0.6) is 0 Å². The molecule has 0 bridgehead atoms. The summed E-state index contributed by atoms with van der Waals surface area (Å²) in [6.07, 6.45) is 11.0. The van der Waals surface area contributed by atoms with Crippen molar-refractivity contribution in [1.82, 2.24) is 0 Å². The minimum atomic E-state index is -1.24. The third-order valence-electron chi connectivity index (χ3n) is 4.24. The predicted octanol–water partition coefficient (Wildman–Crippen LogP) is 1.98. The Morgan fingerprint density at radius 2 is 1.79 bits per heavy atom. The lowest BCUT2D eigenvalue weighted by atomic mass is 9.74. The van der Waals surface area contributed by atoms with E-state index in [1.807, 2.05) is 0 Å². The second-order valence-electron chi connectivity index (χ2n) is 5.31. The fourth-order valence-corrected chi connectivity index (χ4v) is 3.02. The van der Waals surface area contributed by atoms with E-state index in [2.05, 4.69) is 0 Å². The molecule has 0 aromatic heterocycles. The first-order valence-corrected chi connectivity index (χ1v) is 6.81. The van der Waals surface area contributed by atoms with Crippen LogP contribution in [0.15, 0.2) is 24.3 Å². The highest BCUT2D eigenvalue weighted by atomic mass is 16.7. The number of ketones is 1. The fraction of sp³-hybridized carbons (Fsp3) is 0.667. The van der Waals surface area contributed by atoms with Crippen molar-refractivity contribution in [3.05, 3.63) is 24.3 Å². The molecule has 106 valence electrons. The van der Waals surface area contributed by atoms with E-state index in [0.717, 1.165) is 19.3 Å². The van der Waals surface area contributed by atoms with Crippen LogP contribution in [0.1, 0.15) is 32.1 Å². The third-order valence-corrected chi connectivity index (χ3v) is 4.24. The number of carbonyl (C=O) groups excluding carboxylic acids is 1. The maximum absolute atomic E-state index is 12.7. The minimum absolute atomic E-state index is 0.198. The Morgan fingerprint density at radius 3 is 2.37 bits per heavy atom. The molecule has 4 nitrogen and oxygen atoms in total. The number of Topliss-reactive ketones (excluding diaryl/α,β-unsaturated/α-hetero) is 1. The van der Waals surface area contributed by atoms with Crippen LogP contribution in [0.4, 0.5) is 0 Å². The second kappa shape index (κ2) is 5.57. The molecule has 2 rings (SSSR count). The van der Waals surface area contributed by atoms with Crippen LogP contribution in [0, 0.1) is 5.92 Å². The molecule has 1 atom stereocenters. The molecule has 1 N–H and O–H groups in total. The number of aliphatic hydroxyl groups is 1. The Bertz CT molecular complexity index is 387. The number of rotatable bonds is 4. The topological polar surface area (TPSA) is 55.8 Å². The Morgan fingerprint density at radius 1 is 1.16 bits per heavy atom. The highest BCUT2D eigenvalue weighted by Crippen LogP contribution is 2.37. The molecule has 0 spiro atoms. The molecule has 4 heteroatoms. The van der Waals surface area contributed by atoms with Crippen molar-refractivity contribution < 1.29 is 19.4 Å². The minimum Gasteiger partial charge on any atom is -0.382 e. The van der Waals surface area contributed by atoms with Gasteiger partial charge in [-0.1, -0.05) is 37.5 Å². The molecule has 0 heterocycles. The van der Waals surface area contributed by atoms with Crippen LogP contribution in [-0.2, 0) is 14.3 Å². The lowest BCUT2D eigenvalue weighted by Gasteiger charge is -2.40. The summed E-state index contributed by atoms with van der Waals surface area (Å²) in [7, 11) is 3.02. The van der Waals surface area contributed by atoms with Gasteiger partial charge >= 0.3 is 0 Å². The van der Waals surface area contributed by atoms with E-state index in [4.69, 9.17) is 9.47 Å². The summed E-state index contributed by atoms with van der Waals surface area (Å²) in [4.78, 5) is 12.7. The summed E-state index contributed by atoms with van der Waals surface area (Å²) in [5.74, 6) is -1.90. The van der Waals surface area contributed by atoms with Crippen LogP contribution in [0.2, 0.25) is 0 Å². The van der Waals surface area contributed by atoms with Gasteiger partial charge in [-0.2, -0.15) is 0 Å². The van der Waals surface area contributed by atoms with Crippen molar-refractivity contribution in [3.8, 4) is 0 Å². The molecule has 0 aromatic rings. The largest absolute Gasteiger partial charge is 0.382 e. The van der Waals surface area contributed by atoms with Gasteiger partial charge in [0.25, 0.3) is 0 Å². The number of carbonyl (C=O) groups is 1. The highest BCUT2D eigenvalue weighted by molar-refractivity contribution is 5.92. The molecular weight excluding hydrogens is 244 g/mol. The molecule has 0 aromatic carbocycles. The Balaban J connectivity index is 2.26. The number of hydrogen-bond donors (Lipinski definition) is 1. The van der Waals surface area contributed by atoms with Crippen LogP contribution < -0.4 is 0 Å². The van der Waals surface area contributed by atoms with Crippen LogP contribution in [-0.4, -0.2) is 36.5 Å². The van der Waals surface area contributed by atoms with Crippen molar-refractivity contribution in [3.63, 3.8) is 0 Å². The number of ether oxygens (including phenoxy) is 2. The molecule has 1 fully saturated rings. The molecule has 1 saturated carbocycles. The van der Waals surface area contributed by atoms with Gasteiger partial charge in [-0.25, -0.2) is 0 Å². The molecule has 19 heavy (non-hydrogen) atoms. The molecule has 2 aliphatic carbocycles. The van der Waals surface area contributed by atoms with Gasteiger partial charge in [0.15, 0.2) is 5.78 Å². The van der Waals surface area contributed by atoms with Crippen LogP contribution in [0.3, 0.4) is 0 Å². The normalized spacial score (nSPS) is 28.3. The van der Waals surface area contributed by atoms with E-state index in [0.29, 0.717) is 12.8 Å². The summed E-state index contributed by atoms with van der Waals surface area (Å²) in [6.45, 7) is 0. The lowest BCUT2D eigenvalue weighted by molar-refractivity contribution is -0.204. The van der Waals surface area contributed by atoms with Gasteiger partial charge in [-0.15, -0.1) is 0 Å². The fourth-order valence-electron chi connectivity index (χ4n) is 3.02. The van der Waals surface area contributed by atoms with Gasteiger partial charge in [-0.05, 0) is 18.9 Å². The Labute approximate surface area is 114 Å². The first-order chi connectivity index (χ1) is 9.08. The van der Waals surface area contributed by atoms with Crippen LogP contribution in [0.25, 0.3) is 0 Å². The maximum atomic E-state index is 12.7. The van der Waals surface area contributed by atoms with Gasteiger partial charge in [0.1, 0.15) is 5.60 Å². The average molecular weight is 266 g/mol. The predicted molar refractivity (Wildman–Crippen MR) is 71.6 cm³/mol. The summed E-state index contributed by atoms with van der Waals surface area (Å²) >= 11 is 0. The van der Waals surface area contributed by atoms with Crippen molar-refractivity contribution in [2.45, 2.75) is 43.5 Å². The smallest absolute Gasteiger partial charge is 0.201 e. The summed E-state index contributed by atoms with van der Waals surface area (Å²) in [6, 6.07) is 0. The van der Waals surface area contributed by atoms with Crippen molar-refractivity contribution in [1.29, 1.82) is 0 Å². The highest BCUT2D eigenvalue weighted by Gasteiger charge is 2.49. The van der Waals surface area contributed by atoms with E-state index >= 15 is 0 Å². The number of allylic oxidation sites excluding steroid dienone is 2. The zero-order chi connectivity index (χ0) is 13.9. The summed E-state index contributed by atoms with van der Waals surface area (Å²) < 4.78 is 10.8. The van der Waals surface area contributed by atoms with Gasteiger partial charge in [0, 0.05) is 14.2 Å². The van der Waals surface area contributed by atoms with E-state index in [-0.39, 0.29) is 5.78 Å². The summed E-state index contributed by atoms with van der Waals surface area (Å²) in [5, 5.41) is 10.6. The van der Waals surface area contributed by atoms with E-state index in [1.165, 1.54) is 14.2 Å². The molecule has 0 aliphatic heterocycles. The van der Waals surface area contributed by atoms with Gasteiger partial charge in [0.05, 0.1) is 5.92 Å². The molecule has 0 saturated heterocycles. The SMILES string of the molecule is COC1(OC)C=CC=CC1C(=O)C1(O)CCCCC1. The van der Waals surface area contributed by atoms with Gasteiger partial charge in [0.2, 0.25) is 5.79 Å². The molecular formula is C15H22O4. The molecule has 1 unspecified atom stereocenters. The second-order valence-corrected chi connectivity index (χ2v) is 5.31. The van der Waals surface area contributed by atoms with E-state index in [1.54, 1.807) is 24.3 Å². The third kappa shape index (κ3) is 2.53. The Hall–Kier alpha value is -0.970. The first-order valence-electron chi connectivity index (χ1n) is 6.81. The quantitative estimate of drug-likeness (QED) is 0.791. The van der Waals surface area contributed by atoms with Gasteiger partial charge < -0.3 is 14.6 Å². The molecule has 0 radical (unpaired) electrons. The number of hydrogen-bond acceptors (Lipinski definition) is 4. The molecule has 0 amide bonds. The summed E-state index contributed by atoms with van der Waals surface area (Å²) in [5.41, 5.74) is -1.24. The first kappa shape index (κ1) is 14.4. The maximum Gasteiger partial charge on any atom is 0.201 e. The Kier molecular flexibility index (Phi) is 4.23. The monoisotopic (exact) mass is 266 g/mol. The zero-order valence-electron chi connectivity index (χ0n) is 11.6. The molecule has 2 aliphatic rings. The standard InChI is InChI=1S/C15H22O4/c1-18-15(19-2)11-7-4-8-12(15)13(16)14(17)9-5-3-6-10-14/h4,7-8,11-12,17H,3,5-6,9-10H2,1-2H3. The average Bonchev–Trinajstić information content (AvgIpc) is 2.47. The lowest BCUT2D eigenvalue weighted by Crippen LogP contribution is -2.53. The van der Waals surface area contributed by atoms with Gasteiger partial charge in [-0.3, -0.25) is 4.79 Å². The van der Waals surface area contributed by atoms with E-state index in [9.17, 15) is 9.90 Å². The van der Waals surface area contributed by atoms with Crippen molar-refractivity contribution in [2.24, 2.45) is 5.92 Å². The van der Waals surface area contributed by atoms with E-state index < -0.39 is 17.3 Å². The number of methoxy groups -OCH3 is 2. The zero-order valence-corrected chi connectivity index (χ0v) is 11.6. The van der Waals surface area contributed by atoms with Crippen molar-refractivity contribution in [2.75, 3.05) is 14.2 Å². The van der Waals surface area contributed by atoms with Crippen molar-refractivity contribution >= 4 is 5.78 Å². The van der Waals surface area contributed by atoms with Crippen LogP contribution >= 0.6 is 0 Å².